The van der Waals surface area contributed by atoms with E-state index in [1.54, 1.807) is 12.4 Å². The van der Waals surface area contributed by atoms with E-state index >= 15 is 0 Å². The van der Waals surface area contributed by atoms with Gasteiger partial charge in [0, 0.05) is 62.3 Å². The number of carbonyl (C=O) groups excluding carboxylic acids is 1. The summed E-state index contributed by atoms with van der Waals surface area (Å²) in [6, 6.07) is 9.36. The number of piperazine rings is 1. The minimum atomic E-state index is -3.76. The number of aromatic nitrogens is 3. The summed E-state index contributed by atoms with van der Waals surface area (Å²) in [6.45, 7) is 7.62. The Balaban J connectivity index is 1.38. The fraction of sp³-hybridized carbons (Fsp3) is 0.345. The quantitative estimate of drug-likeness (QED) is 0.229. The number of aliphatic hydroxyl groups is 1. The molecule has 3 heterocycles. The van der Waals surface area contributed by atoms with Gasteiger partial charge in [0.2, 0.25) is 11.9 Å². The number of carbonyl (C=O) groups is 1. The van der Waals surface area contributed by atoms with Crippen LogP contribution in [0.5, 0.6) is 0 Å². The third-order valence-corrected chi connectivity index (χ3v) is 8.67. The summed E-state index contributed by atoms with van der Waals surface area (Å²) in [5, 5.41) is 15.9. The Morgan fingerprint density at radius 2 is 1.86 bits per heavy atom. The number of amides is 1. The van der Waals surface area contributed by atoms with E-state index in [-0.39, 0.29) is 30.2 Å². The number of aryl methyl sites for hydroxylation is 1. The molecule has 0 saturated carbocycles. The van der Waals surface area contributed by atoms with Crippen molar-refractivity contribution in [2.45, 2.75) is 24.8 Å². The Kier molecular flexibility index (Phi) is 8.55. The van der Waals surface area contributed by atoms with E-state index in [4.69, 9.17) is 0 Å². The number of hydrogen-bond donors (Lipinski definition) is 4. The van der Waals surface area contributed by atoms with Crippen LogP contribution in [0.3, 0.4) is 0 Å². The predicted molar refractivity (Wildman–Crippen MR) is 160 cm³/mol. The number of aliphatic hydroxyl groups excluding tert-OH is 1. The molecule has 1 aliphatic heterocycles. The number of benzene rings is 2. The van der Waals surface area contributed by atoms with Crippen molar-refractivity contribution in [3.05, 3.63) is 60.2 Å². The Bertz CT molecular complexity index is 1720. The van der Waals surface area contributed by atoms with Crippen molar-refractivity contribution in [1.29, 1.82) is 0 Å². The van der Waals surface area contributed by atoms with E-state index in [0.29, 0.717) is 17.9 Å². The molecule has 4 aromatic rings. The van der Waals surface area contributed by atoms with Gasteiger partial charge in [0.15, 0.2) is 15.7 Å². The van der Waals surface area contributed by atoms with Gasteiger partial charge in [-0.05, 0) is 37.6 Å². The smallest absolute Gasteiger partial charge is 0.241 e. The monoisotopic (exact) mass is 595 g/mol. The van der Waals surface area contributed by atoms with Crippen LogP contribution in [0.1, 0.15) is 12.5 Å². The van der Waals surface area contributed by atoms with E-state index in [9.17, 15) is 22.7 Å². The minimum absolute atomic E-state index is 0.0550. The summed E-state index contributed by atoms with van der Waals surface area (Å²) in [4.78, 5) is 29.3. The molecule has 0 spiro atoms. The van der Waals surface area contributed by atoms with Crippen molar-refractivity contribution < 1.29 is 22.7 Å². The summed E-state index contributed by atoms with van der Waals surface area (Å²) in [6.07, 6.45) is 4.36. The lowest BCUT2D eigenvalue weighted by molar-refractivity contribution is -0.121. The molecule has 0 aliphatic carbocycles. The van der Waals surface area contributed by atoms with Crippen LogP contribution < -0.4 is 10.6 Å². The van der Waals surface area contributed by atoms with Crippen LogP contribution in [0.15, 0.2) is 53.7 Å². The Labute approximate surface area is 243 Å². The average molecular weight is 596 g/mol. The molecule has 0 bridgehead atoms. The lowest BCUT2D eigenvalue weighted by atomic mass is 10.1. The number of anilines is 3. The topological polar surface area (TPSA) is 144 Å². The number of aromatic amines is 1. The molecular weight excluding hydrogens is 561 g/mol. The van der Waals surface area contributed by atoms with Gasteiger partial charge in [-0.25, -0.2) is 22.8 Å². The van der Waals surface area contributed by atoms with Crippen LogP contribution in [0.25, 0.3) is 22.2 Å². The molecule has 1 fully saturated rings. The predicted octanol–water partition coefficient (Wildman–Crippen LogP) is 3.16. The number of para-hydroxylation sites is 1. The molecule has 2 aromatic heterocycles. The van der Waals surface area contributed by atoms with Crippen molar-refractivity contribution in [3.8, 4) is 11.3 Å². The lowest BCUT2D eigenvalue weighted by Crippen LogP contribution is -2.53. The van der Waals surface area contributed by atoms with E-state index < -0.39 is 20.5 Å². The number of β-amino-alcohol motifs (C(OH)–C–C–N with tert-alkyl or cyclic N) is 1. The highest BCUT2D eigenvalue weighted by atomic mass is 32.2. The molecular formula is C29H34FN7O4S. The maximum atomic E-state index is 14.9. The number of hydrogen-bond acceptors (Lipinski definition) is 9. The molecule has 13 heteroatoms. The highest BCUT2D eigenvalue weighted by Crippen LogP contribution is 2.34. The second-order valence-corrected chi connectivity index (χ2v) is 12.4. The normalized spacial score (nSPS) is 15.5. The maximum Gasteiger partial charge on any atom is 0.241 e. The van der Waals surface area contributed by atoms with Crippen molar-refractivity contribution in [1.82, 2.24) is 24.8 Å². The highest BCUT2D eigenvalue weighted by Gasteiger charge is 2.26. The maximum absolute atomic E-state index is 14.9. The molecule has 1 atom stereocenters. The first-order chi connectivity index (χ1) is 20.1. The van der Waals surface area contributed by atoms with E-state index in [2.05, 4.69) is 35.4 Å². The zero-order valence-electron chi connectivity index (χ0n) is 23.7. The Hall–Kier alpha value is -3.91. The van der Waals surface area contributed by atoms with Crippen molar-refractivity contribution >= 4 is 44.0 Å². The first-order valence-corrected chi connectivity index (χ1v) is 15.5. The summed E-state index contributed by atoms with van der Waals surface area (Å²) >= 11 is 0. The average Bonchev–Trinajstić information content (AvgIpc) is 3.40. The second kappa shape index (κ2) is 12.1. The first-order valence-electron chi connectivity index (χ1n) is 13.6. The molecule has 4 N–H and O–H groups in total. The minimum Gasteiger partial charge on any atom is -0.395 e. The molecule has 42 heavy (non-hydrogen) atoms. The third kappa shape index (κ3) is 6.14. The highest BCUT2D eigenvalue weighted by molar-refractivity contribution is 7.90. The third-order valence-electron chi connectivity index (χ3n) is 7.56. The molecule has 1 saturated heterocycles. The van der Waals surface area contributed by atoms with Crippen LogP contribution in [0.2, 0.25) is 0 Å². The first kappa shape index (κ1) is 29.6. The van der Waals surface area contributed by atoms with Gasteiger partial charge in [-0.15, -0.1) is 0 Å². The summed E-state index contributed by atoms with van der Waals surface area (Å²) in [5.74, 6) is -0.913. The fourth-order valence-electron chi connectivity index (χ4n) is 5.16. The molecule has 11 nitrogen and oxygen atoms in total. The molecule has 0 unspecified atom stereocenters. The van der Waals surface area contributed by atoms with Gasteiger partial charge in [0.25, 0.3) is 0 Å². The SMILES string of the molecule is Cc1cnc(Nc2cccc(S(C)(=O)=O)c2F)nc1-c1c[nH]c2c(NC(=O)[C@@H](C)N3CCN(CCO)CC3)cccc12. The summed E-state index contributed by atoms with van der Waals surface area (Å²) < 4.78 is 38.8. The number of rotatable bonds is 9. The molecule has 2 aromatic carbocycles. The number of halogens is 1. The molecule has 5 rings (SSSR count). The van der Waals surface area contributed by atoms with Gasteiger partial charge in [-0.1, -0.05) is 18.2 Å². The zero-order chi connectivity index (χ0) is 30.0. The van der Waals surface area contributed by atoms with Gasteiger partial charge in [0.1, 0.15) is 4.90 Å². The van der Waals surface area contributed by atoms with Gasteiger partial charge in [0.05, 0.1) is 35.2 Å². The number of fused-ring (bicyclic) bond motifs is 1. The second-order valence-electron chi connectivity index (χ2n) is 10.4. The van der Waals surface area contributed by atoms with Crippen LogP contribution in [-0.4, -0.2) is 95.8 Å². The van der Waals surface area contributed by atoms with Gasteiger partial charge in [-0.2, -0.15) is 0 Å². The number of nitrogens with one attached hydrogen (secondary N) is 3. The van der Waals surface area contributed by atoms with Gasteiger partial charge < -0.3 is 20.7 Å². The van der Waals surface area contributed by atoms with Crippen LogP contribution in [-0.2, 0) is 14.6 Å². The lowest BCUT2D eigenvalue weighted by Gasteiger charge is -2.37. The number of H-pyrrole nitrogens is 1. The van der Waals surface area contributed by atoms with Gasteiger partial charge in [-0.3, -0.25) is 14.6 Å². The molecule has 1 aliphatic rings. The Morgan fingerprint density at radius 3 is 2.57 bits per heavy atom. The number of nitrogens with zero attached hydrogens (tertiary/aromatic N) is 4. The Morgan fingerprint density at radius 1 is 1.14 bits per heavy atom. The zero-order valence-corrected chi connectivity index (χ0v) is 24.5. The van der Waals surface area contributed by atoms with Crippen LogP contribution >= 0.6 is 0 Å². The van der Waals surface area contributed by atoms with Crippen molar-refractivity contribution in [3.63, 3.8) is 0 Å². The van der Waals surface area contributed by atoms with Crippen LogP contribution in [0.4, 0.5) is 21.7 Å². The summed E-state index contributed by atoms with van der Waals surface area (Å²) in [5.41, 5.74) is 3.45. The molecule has 222 valence electrons. The largest absolute Gasteiger partial charge is 0.395 e. The molecule has 0 radical (unpaired) electrons. The van der Waals surface area contributed by atoms with Gasteiger partial charge >= 0.3 is 0 Å². The van der Waals surface area contributed by atoms with E-state index in [1.165, 1.54) is 18.2 Å². The number of sulfone groups is 1. The van der Waals surface area contributed by atoms with E-state index in [1.807, 2.05) is 32.0 Å². The van der Waals surface area contributed by atoms with Crippen molar-refractivity contribution in [2.24, 2.45) is 0 Å². The van der Waals surface area contributed by atoms with Crippen LogP contribution in [0, 0.1) is 12.7 Å². The fourth-order valence-corrected chi connectivity index (χ4v) is 5.92. The standard InChI is InChI=1S/C29H34FN7O4S/c1-18-16-32-29(34-22-7-5-9-24(25(22)30)42(3,40)41)35-26(18)21-17-31-27-20(21)6-4-8-23(27)33-28(39)19(2)37-12-10-36(11-13-37)14-15-38/h4-9,16-17,19,31,38H,10-15H2,1-3H3,(H,33,39)(H,32,34,35)/t19-/m1/s1. The van der Waals surface area contributed by atoms with E-state index in [0.717, 1.165) is 54.5 Å². The van der Waals surface area contributed by atoms with Crippen molar-refractivity contribution in [2.75, 3.05) is 56.2 Å². The molecule has 1 amide bonds. The summed E-state index contributed by atoms with van der Waals surface area (Å²) in [7, 11) is -3.76.